The van der Waals surface area contributed by atoms with E-state index in [2.05, 4.69) is 4.98 Å². The Morgan fingerprint density at radius 3 is 2.33 bits per heavy atom. The molecule has 0 bridgehead atoms. The minimum atomic E-state index is -3.65. The quantitative estimate of drug-likeness (QED) is 0.193. The molecule has 0 fully saturated rings. The van der Waals surface area contributed by atoms with Gasteiger partial charge in [-0.1, -0.05) is 44.1 Å². The van der Waals surface area contributed by atoms with Gasteiger partial charge >= 0.3 is 0 Å². The molecular weight excluding hydrogens is 532 g/mol. The summed E-state index contributed by atoms with van der Waals surface area (Å²) in [5, 5.41) is 0.536. The summed E-state index contributed by atoms with van der Waals surface area (Å²) in [6.45, 7) is 5.33. The van der Waals surface area contributed by atoms with Crippen LogP contribution >= 0.6 is 11.3 Å². The van der Waals surface area contributed by atoms with E-state index in [4.69, 9.17) is 9.72 Å². The Hall–Kier alpha value is -3.34. The minimum Gasteiger partial charge on any atom is -0.497 e. The first-order chi connectivity index (χ1) is 18.9. The molecule has 39 heavy (non-hydrogen) atoms. The Morgan fingerprint density at radius 1 is 1.00 bits per heavy atom. The Morgan fingerprint density at radius 2 is 1.72 bits per heavy atom. The van der Waals surface area contributed by atoms with Crippen molar-refractivity contribution in [3.63, 3.8) is 0 Å². The highest BCUT2D eigenvalue weighted by Gasteiger charge is 2.26. The van der Waals surface area contributed by atoms with E-state index in [0.717, 1.165) is 41.5 Å². The Balaban J connectivity index is 1.65. The average molecular weight is 567 g/mol. The van der Waals surface area contributed by atoms with Crippen LogP contribution in [0, 0.1) is 0 Å². The SMILES string of the molecule is CCCCN(CCCC)S(=O)(=O)c1ccc(C(=O)N(Cc2cccnc2)c2nc3ccc(OC)cc3s2)cc1. The van der Waals surface area contributed by atoms with Crippen LogP contribution in [-0.4, -0.2) is 48.8 Å². The molecule has 0 aliphatic heterocycles. The van der Waals surface area contributed by atoms with E-state index < -0.39 is 10.0 Å². The number of unbranched alkanes of at least 4 members (excludes halogenated alkanes) is 2. The number of anilines is 1. The number of thiazole rings is 1. The molecule has 206 valence electrons. The summed E-state index contributed by atoms with van der Waals surface area (Å²) in [6, 6.07) is 15.5. The van der Waals surface area contributed by atoms with Crippen LogP contribution in [0.4, 0.5) is 5.13 Å². The Bertz CT molecular complexity index is 1480. The van der Waals surface area contributed by atoms with Gasteiger partial charge in [0.2, 0.25) is 10.0 Å². The van der Waals surface area contributed by atoms with Gasteiger partial charge in [0, 0.05) is 31.0 Å². The molecule has 0 atom stereocenters. The van der Waals surface area contributed by atoms with Gasteiger partial charge in [-0.25, -0.2) is 13.4 Å². The molecule has 0 unspecified atom stereocenters. The summed E-state index contributed by atoms with van der Waals surface area (Å²) in [5.74, 6) is 0.439. The number of pyridine rings is 1. The highest BCUT2D eigenvalue weighted by molar-refractivity contribution is 7.89. The fourth-order valence-corrected chi connectivity index (χ4v) is 6.64. The van der Waals surface area contributed by atoms with Gasteiger partial charge in [0.1, 0.15) is 5.75 Å². The summed E-state index contributed by atoms with van der Waals surface area (Å²) in [7, 11) is -2.05. The van der Waals surface area contributed by atoms with Crippen LogP contribution in [-0.2, 0) is 16.6 Å². The van der Waals surface area contributed by atoms with Gasteiger partial charge in [-0.3, -0.25) is 14.7 Å². The van der Waals surface area contributed by atoms with Crippen molar-refractivity contribution in [3.8, 4) is 5.75 Å². The molecule has 2 aromatic carbocycles. The molecule has 0 saturated carbocycles. The zero-order valence-electron chi connectivity index (χ0n) is 22.5. The van der Waals surface area contributed by atoms with E-state index in [9.17, 15) is 13.2 Å². The van der Waals surface area contributed by atoms with Gasteiger partial charge in [-0.05, 0) is 66.9 Å². The van der Waals surface area contributed by atoms with Crippen molar-refractivity contribution in [3.05, 3.63) is 78.1 Å². The molecule has 0 N–H and O–H groups in total. The van der Waals surface area contributed by atoms with Crippen molar-refractivity contribution in [1.29, 1.82) is 0 Å². The first-order valence-corrected chi connectivity index (χ1v) is 15.4. The second-order valence-corrected chi connectivity index (χ2v) is 12.2. The van der Waals surface area contributed by atoms with Crippen molar-refractivity contribution in [2.75, 3.05) is 25.1 Å². The van der Waals surface area contributed by atoms with Crippen LogP contribution in [0.3, 0.4) is 0 Å². The number of fused-ring (bicyclic) bond motifs is 1. The van der Waals surface area contributed by atoms with Gasteiger partial charge in [0.05, 0.1) is 28.8 Å². The summed E-state index contributed by atoms with van der Waals surface area (Å²) in [6.07, 6.45) is 6.83. The zero-order chi connectivity index (χ0) is 27.8. The number of aromatic nitrogens is 2. The zero-order valence-corrected chi connectivity index (χ0v) is 24.2. The van der Waals surface area contributed by atoms with E-state index in [-0.39, 0.29) is 17.3 Å². The Labute approximate surface area is 234 Å². The highest BCUT2D eigenvalue weighted by Crippen LogP contribution is 2.33. The largest absolute Gasteiger partial charge is 0.497 e. The number of carbonyl (C=O) groups excluding carboxylic acids is 1. The minimum absolute atomic E-state index is 0.192. The number of rotatable bonds is 13. The van der Waals surface area contributed by atoms with Crippen LogP contribution in [0.25, 0.3) is 10.2 Å². The Kier molecular flexibility index (Phi) is 9.66. The van der Waals surface area contributed by atoms with E-state index in [1.165, 1.54) is 23.5 Å². The molecule has 0 aliphatic carbocycles. The fourth-order valence-electron chi connectivity index (χ4n) is 4.13. The lowest BCUT2D eigenvalue weighted by Crippen LogP contribution is -2.33. The summed E-state index contributed by atoms with van der Waals surface area (Å²) in [4.78, 5) is 24.5. The maximum Gasteiger partial charge on any atom is 0.260 e. The number of methoxy groups -OCH3 is 1. The van der Waals surface area contributed by atoms with Crippen LogP contribution in [0.5, 0.6) is 5.75 Å². The molecule has 2 heterocycles. The molecule has 4 aromatic rings. The first-order valence-electron chi connectivity index (χ1n) is 13.1. The third-order valence-corrected chi connectivity index (χ3v) is 9.34. The van der Waals surface area contributed by atoms with Gasteiger partial charge in [0.25, 0.3) is 5.91 Å². The van der Waals surface area contributed by atoms with Gasteiger partial charge in [-0.15, -0.1) is 0 Å². The standard InChI is InChI=1S/C29H34N4O4S2/c1-4-6-17-32(18-7-5-2)39(35,36)25-13-10-23(11-14-25)28(34)33(21-22-9-8-16-30-20-22)29-31-26-15-12-24(37-3)19-27(26)38-29/h8-16,19-20H,4-7,17-18,21H2,1-3H3. The van der Waals surface area contributed by atoms with Crippen LogP contribution in [0.2, 0.25) is 0 Å². The predicted molar refractivity (Wildman–Crippen MR) is 156 cm³/mol. The number of hydrogen-bond donors (Lipinski definition) is 0. The molecule has 0 aliphatic rings. The number of sulfonamides is 1. The second kappa shape index (κ2) is 13.1. The lowest BCUT2D eigenvalue weighted by Gasteiger charge is -2.22. The number of hydrogen-bond acceptors (Lipinski definition) is 7. The molecule has 0 saturated heterocycles. The highest BCUT2D eigenvalue weighted by atomic mass is 32.2. The van der Waals surface area contributed by atoms with E-state index in [0.29, 0.717) is 29.5 Å². The molecule has 2 aromatic heterocycles. The molecule has 8 nitrogen and oxygen atoms in total. The molecule has 0 radical (unpaired) electrons. The third-order valence-electron chi connectivity index (χ3n) is 6.39. The lowest BCUT2D eigenvalue weighted by molar-refractivity contribution is 0.0985. The number of carbonyl (C=O) groups is 1. The predicted octanol–water partition coefficient (Wildman–Crippen LogP) is 6.14. The monoisotopic (exact) mass is 566 g/mol. The van der Waals surface area contributed by atoms with Crippen molar-refractivity contribution in [2.45, 2.75) is 51.0 Å². The fraction of sp³-hybridized carbons (Fsp3) is 0.345. The maximum absolute atomic E-state index is 13.8. The summed E-state index contributed by atoms with van der Waals surface area (Å²) in [5.41, 5.74) is 1.99. The summed E-state index contributed by atoms with van der Waals surface area (Å²) >= 11 is 1.39. The second-order valence-electron chi connectivity index (χ2n) is 9.22. The topological polar surface area (TPSA) is 92.7 Å². The number of nitrogens with zero attached hydrogens (tertiary/aromatic N) is 4. The van der Waals surface area contributed by atoms with Gasteiger partial charge < -0.3 is 4.74 Å². The van der Waals surface area contributed by atoms with Crippen molar-refractivity contribution in [2.24, 2.45) is 0 Å². The van der Waals surface area contributed by atoms with Gasteiger partial charge in [-0.2, -0.15) is 4.31 Å². The molecule has 4 rings (SSSR count). The smallest absolute Gasteiger partial charge is 0.260 e. The van der Waals surface area contributed by atoms with E-state index >= 15 is 0 Å². The van der Waals surface area contributed by atoms with Crippen molar-refractivity contribution in [1.82, 2.24) is 14.3 Å². The van der Waals surface area contributed by atoms with E-state index in [1.807, 2.05) is 44.2 Å². The molecule has 1 amide bonds. The maximum atomic E-state index is 13.8. The van der Waals surface area contributed by atoms with Gasteiger partial charge in [0.15, 0.2) is 5.13 Å². The van der Waals surface area contributed by atoms with E-state index in [1.54, 1.807) is 40.8 Å². The van der Waals surface area contributed by atoms with Crippen molar-refractivity contribution >= 4 is 42.6 Å². The first kappa shape index (κ1) is 28.7. The van der Waals surface area contributed by atoms with Crippen LogP contribution in [0.1, 0.15) is 55.5 Å². The van der Waals surface area contributed by atoms with Crippen molar-refractivity contribution < 1.29 is 17.9 Å². The number of ether oxygens (including phenoxy) is 1. The molecule has 10 heteroatoms. The third kappa shape index (κ3) is 6.81. The number of amides is 1. The van der Waals surface area contributed by atoms with Crippen LogP contribution < -0.4 is 9.64 Å². The summed E-state index contributed by atoms with van der Waals surface area (Å²) < 4.78 is 34.6. The molecule has 0 spiro atoms. The number of benzene rings is 2. The molecular formula is C29H34N4O4S2. The normalized spacial score (nSPS) is 11.7. The van der Waals surface area contributed by atoms with Crippen LogP contribution in [0.15, 0.2) is 71.9 Å². The average Bonchev–Trinajstić information content (AvgIpc) is 3.39. The lowest BCUT2D eigenvalue weighted by atomic mass is 10.2.